The van der Waals surface area contributed by atoms with Crippen molar-refractivity contribution < 1.29 is 19.1 Å². The first-order valence-electron chi connectivity index (χ1n) is 9.50. The first-order chi connectivity index (χ1) is 14.4. The van der Waals surface area contributed by atoms with E-state index in [9.17, 15) is 9.59 Å². The van der Waals surface area contributed by atoms with Crippen LogP contribution >= 0.6 is 23.1 Å². The van der Waals surface area contributed by atoms with Gasteiger partial charge in [-0.2, -0.15) is 0 Å². The number of ether oxygens (including phenoxy) is 2. The third-order valence-corrected chi connectivity index (χ3v) is 6.38. The smallest absolute Gasteiger partial charge is 0.350 e. The molecule has 0 fully saturated rings. The van der Waals surface area contributed by atoms with Gasteiger partial charge in [0.05, 0.1) is 30.7 Å². The van der Waals surface area contributed by atoms with Gasteiger partial charge in [-0.3, -0.25) is 4.79 Å². The predicted molar refractivity (Wildman–Crippen MR) is 120 cm³/mol. The van der Waals surface area contributed by atoms with Gasteiger partial charge >= 0.3 is 5.97 Å². The molecule has 0 saturated heterocycles. The second kappa shape index (κ2) is 9.90. The molecule has 2 heterocycles. The molecule has 0 aliphatic rings. The normalized spacial score (nSPS) is 10.8. The van der Waals surface area contributed by atoms with E-state index in [0.29, 0.717) is 22.3 Å². The van der Waals surface area contributed by atoms with E-state index in [-0.39, 0.29) is 11.7 Å². The highest BCUT2D eigenvalue weighted by Crippen LogP contribution is 2.28. The van der Waals surface area contributed by atoms with E-state index in [1.54, 1.807) is 21.0 Å². The maximum atomic E-state index is 12.4. The number of methoxy groups -OCH3 is 1. The second-order valence-electron chi connectivity index (χ2n) is 6.36. The Hall–Kier alpha value is -2.65. The molecule has 1 amide bonds. The molecule has 3 aromatic rings. The number of benzene rings is 1. The summed E-state index contributed by atoms with van der Waals surface area (Å²) in [5.74, 6) is 0.289. The van der Waals surface area contributed by atoms with E-state index in [1.165, 1.54) is 11.8 Å². The van der Waals surface area contributed by atoms with Crippen molar-refractivity contribution >= 4 is 51.0 Å². The predicted octanol–water partition coefficient (Wildman–Crippen LogP) is 4.48. The molecule has 0 bridgehead atoms. The zero-order valence-electron chi connectivity index (χ0n) is 17.3. The van der Waals surface area contributed by atoms with Crippen molar-refractivity contribution in [2.24, 2.45) is 0 Å². The molecule has 2 aromatic heterocycles. The lowest BCUT2D eigenvalue weighted by Gasteiger charge is -2.10. The summed E-state index contributed by atoms with van der Waals surface area (Å²) >= 11 is 2.49. The number of hydrogen-bond donors (Lipinski definition) is 1. The van der Waals surface area contributed by atoms with Crippen molar-refractivity contribution in [3.05, 3.63) is 40.4 Å². The van der Waals surface area contributed by atoms with Crippen LogP contribution in [0.2, 0.25) is 0 Å². The van der Waals surface area contributed by atoms with Gasteiger partial charge in [-0.05, 0) is 44.0 Å². The number of carbonyl (C=O) groups excluding carboxylic acids is 2. The Bertz CT molecular complexity index is 1080. The van der Waals surface area contributed by atoms with Crippen molar-refractivity contribution in [2.45, 2.75) is 32.2 Å². The van der Waals surface area contributed by atoms with Gasteiger partial charge in [-0.1, -0.05) is 30.0 Å². The van der Waals surface area contributed by atoms with Crippen LogP contribution in [0.1, 0.15) is 34.8 Å². The molecule has 3 rings (SSSR count). The lowest BCUT2D eigenvalue weighted by Crippen LogP contribution is -2.14. The number of anilines is 1. The Morgan fingerprint density at radius 2 is 2.00 bits per heavy atom. The van der Waals surface area contributed by atoms with E-state index in [2.05, 4.69) is 23.3 Å². The van der Waals surface area contributed by atoms with Crippen molar-refractivity contribution in [3.8, 4) is 5.75 Å². The maximum Gasteiger partial charge on any atom is 0.350 e. The number of esters is 1. The fraction of sp³-hybridized carbons (Fsp3) is 0.333. The molecule has 158 valence electrons. The molecule has 0 aliphatic carbocycles. The highest BCUT2D eigenvalue weighted by molar-refractivity contribution is 8.00. The number of amides is 1. The second-order valence-corrected chi connectivity index (χ2v) is 8.32. The van der Waals surface area contributed by atoms with Crippen LogP contribution in [0.3, 0.4) is 0 Å². The maximum absolute atomic E-state index is 12.4. The monoisotopic (exact) mass is 445 g/mol. The number of nitrogens with one attached hydrogen (secondary N) is 1. The third-order valence-electron chi connectivity index (χ3n) is 4.29. The summed E-state index contributed by atoms with van der Waals surface area (Å²) in [6, 6.07) is 7.86. The van der Waals surface area contributed by atoms with Crippen LogP contribution in [0.25, 0.3) is 10.9 Å². The number of fused-ring (bicyclic) bond motifs is 1. The van der Waals surface area contributed by atoms with Gasteiger partial charge < -0.3 is 14.8 Å². The van der Waals surface area contributed by atoms with Crippen molar-refractivity contribution in [1.29, 1.82) is 0 Å². The minimum Gasteiger partial charge on any atom is -0.497 e. The lowest BCUT2D eigenvalue weighted by molar-refractivity contribution is -0.113. The number of nitrogens with zero attached hydrogens (tertiary/aromatic N) is 2. The van der Waals surface area contributed by atoms with Crippen LogP contribution in [-0.4, -0.2) is 41.3 Å². The number of aromatic nitrogens is 2. The number of pyridine rings is 1. The van der Waals surface area contributed by atoms with Gasteiger partial charge in [0.25, 0.3) is 0 Å². The van der Waals surface area contributed by atoms with E-state index >= 15 is 0 Å². The molecular weight excluding hydrogens is 422 g/mol. The SMILES string of the molecule is CCOC(=O)c1sc(NC(=O)CSc2nc3cc(OC)ccc3cc2CC)nc1C. The molecule has 0 radical (unpaired) electrons. The van der Waals surface area contributed by atoms with Crippen molar-refractivity contribution in [3.63, 3.8) is 0 Å². The van der Waals surface area contributed by atoms with E-state index in [0.717, 1.165) is 45.0 Å². The summed E-state index contributed by atoms with van der Waals surface area (Å²) in [5, 5.41) is 4.99. The number of thioether (sulfide) groups is 1. The first-order valence-corrected chi connectivity index (χ1v) is 11.3. The third kappa shape index (κ3) is 5.09. The van der Waals surface area contributed by atoms with E-state index < -0.39 is 5.97 Å². The molecule has 7 nitrogen and oxygen atoms in total. The van der Waals surface area contributed by atoms with Crippen molar-refractivity contribution in [2.75, 3.05) is 24.8 Å². The summed E-state index contributed by atoms with van der Waals surface area (Å²) in [6.45, 7) is 5.81. The Labute approximate surface area is 183 Å². The highest BCUT2D eigenvalue weighted by Gasteiger charge is 2.18. The van der Waals surface area contributed by atoms with E-state index in [4.69, 9.17) is 14.5 Å². The summed E-state index contributed by atoms with van der Waals surface area (Å²) in [6.07, 6.45) is 0.813. The molecular formula is C21H23N3O4S2. The first kappa shape index (κ1) is 22.0. The van der Waals surface area contributed by atoms with Crippen LogP contribution in [-0.2, 0) is 16.0 Å². The molecule has 0 atom stereocenters. The van der Waals surface area contributed by atoms with Crippen LogP contribution in [0, 0.1) is 6.92 Å². The molecule has 1 aromatic carbocycles. The Balaban J connectivity index is 1.70. The lowest BCUT2D eigenvalue weighted by atomic mass is 10.1. The zero-order valence-corrected chi connectivity index (χ0v) is 18.9. The number of carbonyl (C=O) groups is 2. The van der Waals surface area contributed by atoms with Gasteiger partial charge in [0.1, 0.15) is 15.7 Å². The molecule has 30 heavy (non-hydrogen) atoms. The molecule has 9 heteroatoms. The standard InChI is InChI=1S/C21H23N3O4S2/c1-5-13-9-14-7-8-15(27-4)10-16(14)23-19(13)29-11-17(25)24-21-22-12(3)18(30-21)20(26)28-6-2/h7-10H,5-6,11H2,1-4H3,(H,22,24,25). The largest absolute Gasteiger partial charge is 0.497 e. The minimum atomic E-state index is -0.425. The number of rotatable bonds is 8. The molecule has 1 N–H and O–H groups in total. The summed E-state index contributed by atoms with van der Waals surface area (Å²) in [4.78, 5) is 33.7. The Morgan fingerprint density at radius 1 is 1.20 bits per heavy atom. The van der Waals surface area contributed by atoms with Crippen molar-refractivity contribution in [1.82, 2.24) is 9.97 Å². The van der Waals surface area contributed by atoms with Gasteiger partial charge in [-0.25, -0.2) is 14.8 Å². The Kier molecular flexibility index (Phi) is 7.28. The minimum absolute atomic E-state index is 0.183. The summed E-state index contributed by atoms with van der Waals surface area (Å²) in [5.41, 5.74) is 2.45. The van der Waals surface area contributed by atoms with Gasteiger partial charge in [0.15, 0.2) is 5.13 Å². The average Bonchev–Trinajstić information content (AvgIpc) is 3.11. The fourth-order valence-corrected chi connectivity index (χ4v) is 4.57. The fourth-order valence-electron chi connectivity index (χ4n) is 2.80. The highest BCUT2D eigenvalue weighted by atomic mass is 32.2. The van der Waals surface area contributed by atoms with E-state index in [1.807, 2.05) is 18.2 Å². The van der Waals surface area contributed by atoms with Gasteiger partial charge in [0, 0.05) is 11.5 Å². The topological polar surface area (TPSA) is 90.4 Å². The van der Waals surface area contributed by atoms with Gasteiger partial charge in [-0.15, -0.1) is 0 Å². The van der Waals surface area contributed by atoms with Crippen LogP contribution < -0.4 is 10.1 Å². The van der Waals surface area contributed by atoms with Gasteiger partial charge in [0.2, 0.25) is 5.91 Å². The molecule has 0 spiro atoms. The summed E-state index contributed by atoms with van der Waals surface area (Å²) < 4.78 is 10.3. The van der Waals surface area contributed by atoms with Crippen LogP contribution in [0.15, 0.2) is 29.3 Å². The zero-order chi connectivity index (χ0) is 21.7. The number of thiazole rings is 1. The molecule has 0 unspecified atom stereocenters. The quantitative estimate of drug-likeness (QED) is 0.404. The molecule has 0 saturated carbocycles. The molecule has 0 aliphatic heterocycles. The summed E-state index contributed by atoms with van der Waals surface area (Å²) in [7, 11) is 1.62. The number of hydrogen-bond acceptors (Lipinski definition) is 8. The number of aryl methyl sites for hydroxylation is 2. The van der Waals surface area contributed by atoms with Crippen LogP contribution in [0.5, 0.6) is 5.75 Å². The van der Waals surface area contributed by atoms with Crippen LogP contribution in [0.4, 0.5) is 5.13 Å². The average molecular weight is 446 g/mol. The Morgan fingerprint density at radius 3 is 2.70 bits per heavy atom.